The van der Waals surface area contributed by atoms with Gasteiger partial charge in [0.15, 0.2) is 0 Å². The maximum absolute atomic E-state index is 13.5. The number of hydrogen-bond acceptors (Lipinski definition) is 6. The van der Waals surface area contributed by atoms with Crippen molar-refractivity contribution >= 4 is 28.9 Å². The zero-order chi connectivity index (χ0) is 28.2. The Morgan fingerprint density at radius 1 is 0.900 bits per heavy atom. The van der Waals surface area contributed by atoms with E-state index >= 15 is 0 Å². The van der Waals surface area contributed by atoms with Gasteiger partial charge in [-0.3, -0.25) is 14.6 Å². The SMILES string of the molecule is CCCCCCCC(=O)Nc1ccc(N2CCN(c3ccccc3OC)CC2)c(C(=O)NCc2cccnc2)c1. The molecule has 1 aromatic heterocycles. The number of nitrogens with zero attached hydrogens (tertiary/aromatic N) is 3. The normalized spacial score (nSPS) is 13.2. The van der Waals surface area contributed by atoms with E-state index in [2.05, 4.69) is 38.4 Å². The van der Waals surface area contributed by atoms with Crippen LogP contribution in [0.25, 0.3) is 0 Å². The molecular weight excluding hydrogens is 502 g/mol. The highest BCUT2D eigenvalue weighted by atomic mass is 16.5. The van der Waals surface area contributed by atoms with Gasteiger partial charge in [0, 0.05) is 62.9 Å². The van der Waals surface area contributed by atoms with Crippen molar-refractivity contribution in [2.24, 2.45) is 0 Å². The van der Waals surface area contributed by atoms with Crippen molar-refractivity contribution in [3.05, 3.63) is 78.1 Å². The van der Waals surface area contributed by atoms with Crippen LogP contribution in [-0.2, 0) is 11.3 Å². The van der Waals surface area contributed by atoms with Crippen LogP contribution in [0.4, 0.5) is 17.1 Å². The van der Waals surface area contributed by atoms with Crippen LogP contribution < -0.4 is 25.2 Å². The monoisotopic (exact) mass is 543 g/mol. The molecule has 2 N–H and O–H groups in total. The lowest BCUT2D eigenvalue weighted by atomic mass is 10.1. The largest absolute Gasteiger partial charge is 0.495 e. The van der Waals surface area contributed by atoms with E-state index in [1.54, 1.807) is 25.6 Å². The average molecular weight is 544 g/mol. The smallest absolute Gasteiger partial charge is 0.253 e. The summed E-state index contributed by atoms with van der Waals surface area (Å²) in [5.74, 6) is 0.662. The fourth-order valence-electron chi connectivity index (χ4n) is 5.04. The minimum atomic E-state index is -0.179. The Morgan fingerprint density at radius 3 is 2.38 bits per heavy atom. The molecule has 3 aromatic rings. The molecule has 0 unspecified atom stereocenters. The summed E-state index contributed by atoms with van der Waals surface area (Å²) in [4.78, 5) is 34.8. The third kappa shape index (κ3) is 7.97. The van der Waals surface area contributed by atoms with E-state index in [-0.39, 0.29) is 11.8 Å². The zero-order valence-electron chi connectivity index (χ0n) is 23.7. The first-order valence-electron chi connectivity index (χ1n) is 14.3. The molecule has 1 fully saturated rings. The quantitative estimate of drug-likeness (QED) is 0.271. The van der Waals surface area contributed by atoms with Crippen LogP contribution in [0.3, 0.4) is 0 Å². The third-order valence-corrected chi connectivity index (χ3v) is 7.25. The van der Waals surface area contributed by atoms with Crippen LogP contribution in [0.5, 0.6) is 5.75 Å². The molecule has 2 aromatic carbocycles. The number of carbonyl (C=O) groups is 2. The van der Waals surface area contributed by atoms with E-state index in [0.717, 1.165) is 68.1 Å². The second kappa shape index (κ2) is 14.9. The van der Waals surface area contributed by atoms with Gasteiger partial charge in [-0.1, -0.05) is 50.8 Å². The molecular formula is C32H41N5O3. The molecule has 8 nitrogen and oxygen atoms in total. The number of aromatic nitrogens is 1. The van der Waals surface area contributed by atoms with Crippen molar-refractivity contribution in [1.29, 1.82) is 0 Å². The van der Waals surface area contributed by atoms with Gasteiger partial charge >= 0.3 is 0 Å². The zero-order valence-corrected chi connectivity index (χ0v) is 23.7. The fraction of sp³-hybridized carbons (Fsp3) is 0.406. The molecule has 0 radical (unpaired) electrons. The van der Waals surface area contributed by atoms with Crippen LogP contribution in [0.15, 0.2) is 67.0 Å². The van der Waals surface area contributed by atoms with Crippen molar-refractivity contribution < 1.29 is 14.3 Å². The number of carbonyl (C=O) groups excluding carboxylic acids is 2. The fourth-order valence-corrected chi connectivity index (χ4v) is 5.04. The molecule has 1 aliphatic rings. The van der Waals surface area contributed by atoms with Gasteiger partial charge in [-0.2, -0.15) is 0 Å². The summed E-state index contributed by atoms with van der Waals surface area (Å²) in [6, 6.07) is 17.5. The highest BCUT2D eigenvalue weighted by molar-refractivity contribution is 6.02. The first kappa shape index (κ1) is 28.9. The Balaban J connectivity index is 1.46. The molecule has 1 aliphatic heterocycles. The van der Waals surface area contributed by atoms with Gasteiger partial charge in [0.05, 0.1) is 18.4 Å². The van der Waals surface area contributed by atoms with Crippen LogP contribution >= 0.6 is 0 Å². The van der Waals surface area contributed by atoms with Crippen LogP contribution in [0.2, 0.25) is 0 Å². The Morgan fingerprint density at radius 2 is 1.65 bits per heavy atom. The Hall–Kier alpha value is -4.07. The number of amides is 2. The van der Waals surface area contributed by atoms with Crippen LogP contribution in [0, 0.1) is 0 Å². The maximum Gasteiger partial charge on any atom is 0.253 e. The molecule has 212 valence electrons. The number of hydrogen-bond donors (Lipinski definition) is 2. The number of nitrogens with one attached hydrogen (secondary N) is 2. The Bertz CT molecular complexity index is 1240. The van der Waals surface area contributed by atoms with Gasteiger partial charge in [-0.25, -0.2) is 0 Å². The van der Waals surface area contributed by atoms with E-state index in [1.807, 2.05) is 42.5 Å². The van der Waals surface area contributed by atoms with Crippen molar-refractivity contribution in [3.63, 3.8) is 0 Å². The van der Waals surface area contributed by atoms with Gasteiger partial charge in [0.25, 0.3) is 5.91 Å². The van der Waals surface area contributed by atoms with E-state index in [4.69, 9.17) is 4.74 Å². The number of anilines is 3. The Labute approximate surface area is 237 Å². The number of rotatable bonds is 13. The third-order valence-electron chi connectivity index (χ3n) is 7.25. The standard InChI is InChI=1S/C32H41N5O3/c1-3-4-5-6-7-14-31(38)35-26-15-16-28(27(22-26)32(39)34-24-25-11-10-17-33-23-25)36-18-20-37(21-19-36)29-12-8-9-13-30(29)40-2/h8-13,15-17,22-23H,3-7,14,18-21,24H2,1-2H3,(H,34,39)(H,35,38). The number of ether oxygens (including phenoxy) is 1. The molecule has 1 saturated heterocycles. The summed E-state index contributed by atoms with van der Waals surface area (Å²) in [6.45, 7) is 5.67. The molecule has 2 heterocycles. The van der Waals surface area contributed by atoms with Crippen molar-refractivity contribution in [3.8, 4) is 5.75 Å². The lowest BCUT2D eigenvalue weighted by Crippen LogP contribution is -2.47. The lowest BCUT2D eigenvalue weighted by molar-refractivity contribution is -0.116. The molecule has 2 amide bonds. The van der Waals surface area contributed by atoms with E-state index in [0.29, 0.717) is 24.2 Å². The molecule has 40 heavy (non-hydrogen) atoms. The van der Waals surface area contributed by atoms with Gasteiger partial charge in [-0.15, -0.1) is 0 Å². The van der Waals surface area contributed by atoms with Crippen LogP contribution in [-0.4, -0.2) is 50.1 Å². The summed E-state index contributed by atoms with van der Waals surface area (Å²) >= 11 is 0. The first-order chi connectivity index (χ1) is 19.6. The average Bonchev–Trinajstić information content (AvgIpc) is 3.00. The van der Waals surface area contributed by atoms with Gasteiger partial charge < -0.3 is 25.2 Å². The van der Waals surface area contributed by atoms with Gasteiger partial charge in [-0.05, 0) is 48.4 Å². The van der Waals surface area contributed by atoms with Crippen molar-refractivity contribution in [1.82, 2.24) is 10.3 Å². The van der Waals surface area contributed by atoms with Crippen molar-refractivity contribution in [2.45, 2.75) is 52.0 Å². The molecule has 0 bridgehead atoms. The second-order valence-electron chi connectivity index (χ2n) is 10.1. The second-order valence-corrected chi connectivity index (χ2v) is 10.1. The number of para-hydroxylation sites is 2. The van der Waals surface area contributed by atoms with E-state index in [9.17, 15) is 9.59 Å². The van der Waals surface area contributed by atoms with Crippen LogP contribution in [0.1, 0.15) is 61.4 Å². The topological polar surface area (TPSA) is 86.8 Å². The predicted molar refractivity (Wildman–Crippen MR) is 161 cm³/mol. The van der Waals surface area contributed by atoms with E-state index in [1.165, 1.54) is 12.8 Å². The maximum atomic E-state index is 13.5. The summed E-state index contributed by atoms with van der Waals surface area (Å²) in [7, 11) is 1.69. The summed E-state index contributed by atoms with van der Waals surface area (Å²) in [6.07, 6.45) is 9.41. The lowest BCUT2D eigenvalue weighted by Gasteiger charge is -2.38. The number of unbranched alkanes of at least 4 members (excludes halogenated alkanes) is 4. The molecule has 0 spiro atoms. The Kier molecular flexibility index (Phi) is 10.8. The summed E-state index contributed by atoms with van der Waals surface area (Å²) in [5, 5.41) is 6.04. The predicted octanol–water partition coefficient (Wildman–Crippen LogP) is 5.65. The van der Waals surface area contributed by atoms with Crippen molar-refractivity contribution in [2.75, 3.05) is 48.4 Å². The number of pyridine rings is 1. The minimum absolute atomic E-state index is 0.0172. The summed E-state index contributed by atoms with van der Waals surface area (Å²) < 4.78 is 5.56. The highest BCUT2D eigenvalue weighted by Gasteiger charge is 2.24. The highest BCUT2D eigenvalue weighted by Crippen LogP contribution is 2.31. The minimum Gasteiger partial charge on any atom is -0.495 e. The summed E-state index contributed by atoms with van der Waals surface area (Å²) in [5.41, 5.74) is 4.06. The first-order valence-corrected chi connectivity index (χ1v) is 14.3. The van der Waals surface area contributed by atoms with Gasteiger partial charge in [0.2, 0.25) is 5.91 Å². The number of methoxy groups -OCH3 is 1. The molecule has 0 aliphatic carbocycles. The molecule has 0 atom stereocenters. The molecule has 4 rings (SSSR count). The molecule has 8 heteroatoms. The molecule has 0 saturated carbocycles. The number of piperazine rings is 1. The van der Waals surface area contributed by atoms with E-state index < -0.39 is 0 Å². The van der Waals surface area contributed by atoms with Gasteiger partial charge in [0.1, 0.15) is 5.75 Å². The number of benzene rings is 2.